The van der Waals surface area contributed by atoms with Gasteiger partial charge in [-0.15, -0.1) is 0 Å². The van der Waals surface area contributed by atoms with Crippen LogP contribution >= 0.6 is 0 Å². The van der Waals surface area contributed by atoms with Crippen molar-refractivity contribution >= 4 is 11.5 Å². The number of hydrogen-bond acceptors (Lipinski definition) is 6. The van der Waals surface area contributed by atoms with Gasteiger partial charge in [0.25, 0.3) is 0 Å². The van der Waals surface area contributed by atoms with Gasteiger partial charge in [0.1, 0.15) is 11.4 Å². The number of nitrogens with zero attached hydrogens (tertiary/aromatic N) is 4. The number of benzene rings is 1. The molecular weight excluding hydrogens is 341 g/mol. The SMILES string of the molecule is Cc1nn(C)c(NCc2ccc(Oc3cccnc3)c(F)c2)c1[N+](=O)[O-]. The molecule has 2 heterocycles. The smallest absolute Gasteiger partial charge is 0.333 e. The first-order chi connectivity index (χ1) is 12.5. The van der Waals surface area contributed by atoms with Gasteiger partial charge in [0.05, 0.1) is 11.1 Å². The quantitative estimate of drug-likeness (QED) is 0.535. The van der Waals surface area contributed by atoms with Crippen LogP contribution in [0.3, 0.4) is 0 Å². The zero-order valence-corrected chi connectivity index (χ0v) is 14.1. The molecule has 8 nitrogen and oxygen atoms in total. The lowest BCUT2D eigenvalue weighted by atomic mass is 10.2. The number of halogens is 1. The molecule has 0 saturated carbocycles. The number of aromatic nitrogens is 3. The highest BCUT2D eigenvalue weighted by molar-refractivity contribution is 5.59. The third kappa shape index (κ3) is 3.61. The van der Waals surface area contributed by atoms with Crippen molar-refractivity contribution in [2.75, 3.05) is 5.32 Å². The second-order valence-electron chi connectivity index (χ2n) is 5.57. The third-order valence-electron chi connectivity index (χ3n) is 3.69. The van der Waals surface area contributed by atoms with Crippen LogP contribution in [-0.2, 0) is 13.6 Å². The van der Waals surface area contributed by atoms with E-state index >= 15 is 0 Å². The standard InChI is InChI=1S/C17H16FN5O3/c1-11-16(23(24)25)17(22(2)21-11)20-9-12-5-6-15(14(18)8-12)26-13-4-3-7-19-10-13/h3-8,10,20H,9H2,1-2H3. The van der Waals surface area contributed by atoms with E-state index in [9.17, 15) is 14.5 Å². The van der Waals surface area contributed by atoms with Gasteiger partial charge in [-0.1, -0.05) is 6.07 Å². The molecule has 134 valence electrons. The van der Waals surface area contributed by atoms with Crippen molar-refractivity contribution in [2.24, 2.45) is 7.05 Å². The van der Waals surface area contributed by atoms with Crippen molar-refractivity contribution < 1.29 is 14.1 Å². The minimum atomic E-state index is -0.538. The Hall–Kier alpha value is -3.49. The molecule has 0 amide bonds. The number of pyridine rings is 1. The molecule has 3 rings (SSSR count). The Morgan fingerprint density at radius 2 is 2.19 bits per heavy atom. The van der Waals surface area contributed by atoms with Gasteiger partial charge in [-0.05, 0) is 36.8 Å². The minimum absolute atomic E-state index is 0.0732. The summed E-state index contributed by atoms with van der Waals surface area (Å²) >= 11 is 0. The van der Waals surface area contributed by atoms with Crippen molar-refractivity contribution in [2.45, 2.75) is 13.5 Å². The van der Waals surface area contributed by atoms with E-state index in [4.69, 9.17) is 4.74 Å². The molecule has 0 aliphatic carbocycles. The number of ether oxygens (including phenoxy) is 1. The third-order valence-corrected chi connectivity index (χ3v) is 3.69. The summed E-state index contributed by atoms with van der Waals surface area (Å²) in [6.07, 6.45) is 3.08. The van der Waals surface area contributed by atoms with Crippen LogP contribution in [0.2, 0.25) is 0 Å². The molecule has 0 aliphatic rings. The highest BCUT2D eigenvalue weighted by Crippen LogP contribution is 2.28. The number of nitro groups is 1. The Kier molecular flexibility index (Phi) is 4.78. The first-order valence-electron chi connectivity index (χ1n) is 7.74. The summed E-state index contributed by atoms with van der Waals surface area (Å²) in [6, 6.07) is 7.85. The van der Waals surface area contributed by atoms with Crippen LogP contribution < -0.4 is 10.1 Å². The normalized spacial score (nSPS) is 10.6. The summed E-state index contributed by atoms with van der Waals surface area (Å²) < 4.78 is 21.1. The summed E-state index contributed by atoms with van der Waals surface area (Å²) in [5.74, 6) is 0.231. The number of anilines is 1. The predicted molar refractivity (Wildman–Crippen MR) is 92.6 cm³/mol. The van der Waals surface area contributed by atoms with Gasteiger partial charge in [-0.3, -0.25) is 15.1 Å². The van der Waals surface area contributed by atoms with Crippen LogP contribution in [0.4, 0.5) is 15.9 Å². The molecule has 0 fully saturated rings. The molecule has 2 aromatic heterocycles. The summed E-state index contributed by atoms with van der Waals surface area (Å²) in [5.41, 5.74) is 0.824. The lowest BCUT2D eigenvalue weighted by Crippen LogP contribution is -2.06. The second kappa shape index (κ2) is 7.18. The highest BCUT2D eigenvalue weighted by Gasteiger charge is 2.23. The zero-order valence-electron chi connectivity index (χ0n) is 14.1. The lowest BCUT2D eigenvalue weighted by molar-refractivity contribution is -0.384. The van der Waals surface area contributed by atoms with Crippen LogP contribution in [0.5, 0.6) is 11.5 Å². The fourth-order valence-corrected chi connectivity index (χ4v) is 2.52. The van der Waals surface area contributed by atoms with E-state index in [1.165, 1.54) is 23.0 Å². The molecule has 0 atom stereocenters. The van der Waals surface area contributed by atoms with E-state index in [0.29, 0.717) is 17.0 Å². The molecule has 1 N–H and O–H groups in total. The maximum atomic E-state index is 14.3. The van der Waals surface area contributed by atoms with Crippen molar-refractivity contribution in [1.29, 1.82) is 0 Å². The van der Waals surface area contributed by atoms with E-state index in [-0.39, 0.29) is 23.8 Å². The molecule has 0 saturated heterocycles. The Morgan fingerprint density at radius 3 is 2.85 bits per heavy atom. The van der Waals surface area contributed by atoms with Crippen LogP contribution in [0.15, 0.2) is 42.7 Å². The number of hydrogen-bond donors (Lipinski definition) is 1. The predicted octanol–water partition coefficient (Wildman–Crippen LogP) is 3.58. The van der Waals surface area contributed by atoms with Gasteiger partial charge in [0.2, 0.25) is 5.82 Å². The topological polar surface area (TPSA) is 95.1 Å². The summed E-state index contributed by atoms with van der Waals surface area (Å²) in [7, 11) is 1.60. The molecule has 0 spiro atoms. The van der Waals surface area contributed by atoms with E-state index in [2.05, 4.69) is 15.4 Å². The van der Waals surface area contributed by atoms with Gasteiger partial charge in [-0.2, -0.15) is 5.10 Å². The average Bonchev–Trinajstić information content (AvgIpc) is 2.89. The van der Waals surface area contributed by atoms with Crippen LogP contribution in [0.1, 0.15) is 11.3 Å². The van der Waals surface area contributed by atoms with Crippen molar-refractivity contribution in [1.82, 2.24) is 14.8 Å². The number of rotatable bonds is 6. The Morgan fingerprint density at radius 1 is 1.38 bits per heavy atom. The molecule has 0 aliphatic heterocycles. The van der Waals surface area contributed by atoms with E-state index in [1.54, 1.807) is 38.4 Å². The van der Waals surface area contributed by atoms with E-state index < -0.39 is 10.7 Å². The zero-order chi connectivity index (χ0) is 18.7. The van der Waals surface area contributed by atoms with Gasteiger partial charge in [0, 0.05) is 19.8 Å². The lowest BCUT2D eigenvalue weighted by Gasteiger charge is -2.09. The fraction of sp³-hybridized carbons (Fsp3) is 0.176. The monoisotopic (exact) mass is 357 g/mol. The maximum Gasteiger partial charge on any atom is 0.333 e. The van der Waals surface area contributed by atoms with Crippen molar-refractivity contribution in [3.05, 3.63) is 69.9 Å². The number of nitrogens with one attached hydrogen (secondary N) is 1. The molecule has 0 unspecified atom stereocenters. The van der Waals surface area contributed by atoms with Gasteiger partial charge in [-0.25, -0.2) is 9.07 Å². The highest BCUT2D eigenvalue weighted by atomic mass is 19.1. The second-order valence-corrected chi connectivity index (χ2v) is 5.57. The molecule has 0 radical (unpaired) electrons. The van der Waals surface area contributed by atoms with E-state index in [1.807, 2.05) is 0 Å². The summed E-state index contributed by atoms with van der Waals surface area (Å²) in [4.78, 5) is 14.6. The minimum Gasteiger partial charge on any atom is -0.453 e. The molecular formula is C17H16FN5O3. The van der Waals surface area contributed by atoms with Gasteiger partial charge >= 0.3 is 5.69 Å². The van der Waals surface area contributed by atoms with E-state index in [0.717, 1.165) is 0 Å². The maximum absolute atomic E-state index is 14.3. The van der Waals surface area contributed by atoms with Crippen LogP contribution in [0.25, 0.3) is 0 Å². The van der Waals surface area contributed by atoms with Crippen LogP contribution in [0, 0.1) is 22.9 Å². The summed E-state index contributed by atoms with van der Waals surface area (Å²) in [5, 5.41) is 18.1. The number of aryl methyl sites for hydroxylation is 2. The van der Waals surface area contributed by atoms with Crippen molar-refractivity contribution in [3.63, 3.8) is 0 Å². The van der Waals surface area contributed by atoms with Gasteiger partial charge in [0.15, 0.2) is 11.6 Å². The molecule has 0 bridgehead atoms. The Bertz CT molecular complexity index is 943. The Labute approximate surface area is 148 Å². The molecule has 1 aromatic carbocycles. The largest absolute Gasteiger partial charge is 0.453 e. The molecule has 3 aromatic rings. The first-order valence-corrected chi connectivity index (χ1v) is 7.74. The fourth-order valence-electron chi connectivity index (χ4n) is 2.52. The molecule has 26 heavy (non-hydrogen) atoms. The first kappa shape index (κ1) is 17.3. The summed E-state index contributed by atoms with van der Waals surface area (Å²) in [6.45, 7) is 1.76. The van der Waals surface area contributed by atoms with Gasteiger partial charge < -0.3 is 10.1 Å². The molecule has 9 heteroatoms. The Balaban J connectivity index is 1.74. The van der Waals surface area contributed by atoms with Crippen molar-refractivity contribution in [3.8, 4) is 11.5 Å². The van der Waals surface area contributed by atoms with Crippen LogP contribution in [-0.4, -0.2) is 19.7 Å². The average molecular weight is 357 g/mol.